The highest BCUT2D eigenvalue weighted by Crippen LogP contribution is 2.14. The monoisotopic (exact) mass is 314 g/mol. The number of anilines is 1. The zero-order valence-corrected chi connectivity index (χ0v) is 14.1. The lowest BCUT2D eigenvalue weighted by Gasteiger charge is -2.12. The Labute approximate surface area is 137 Å². The van der Waals surface area contributed by atoms with Crippen LogP contribution in [0.1, 0.15) is 16.7 Å². The second-order valence-corrected chi connectivity index (χ2v) is 5.75. The molecule has 0 spiro atoms. The van der Waals surface area contributed by atoms with Crippen LogP contribution in [0.5, 0.6) is 5.75 Å². The number of aryl methyl sites for hydroxylation is 3. The SMILES string of the molecule is Cc1ccc(OCCNC(=S)Nc2ccc(C)c(C)c2)cc1. The normalized spacial score (nSPS) is 10.1. The van der Waals surface area contributed by atoms with Gasteiger partial charge in [0.05, 0.1) is 6.54 Å². The van der Waals surface area contributed by atoms with Crippen molar-refractivity contribution in [2.24, 2.45) is 0 Å². The molecule has 22 heavy (non-hydrogen) atoms. The van der Waals surface area contributed by atoms with Crippen LogP contribution in [0.4, 0.5) is 5.69 Å². The number of nitrogens with one attached hydrogen (secondary N) is 2. The third kappa shape index (κ3) is 5.04. The maximum absolute atomic E-state index is 5.65. The van der Waals surface area contributed by atoms with Crippen LogP contribution < -0.4 is 15.4 Å². The molecule has 0 atom stereocenters. The first-order chi connectivity index (χ1) is 10.5. The second-order valence-electron chi connectivity index (χ2n) is 5.34. The maximum atomic E-state index is 5.65. The molecule has 0 amide bonds. The summed E-state index contributed by atoms with van der Waals surface area (Å²) in [4.78, 5) is 0. The highest BCUT2D eigenvalue weighted by atomic mass is 32.1. The van der Waals surface area contributed by atoms with Crippen molar-refractivity contribution in [3.63, 3.8) is 0 Å². The Kier molecular flexibility index (Phi) is 5.78. The maximum Gasteiger partial charge on any atom is 0.170 e. The van der Waals surface area contributed by atoms with Crippen LogP contribution in [-0.4, -0.2) is 18.3 Å². The summed E-state index contributed by atoms with van der Waals surface area (Å²) in [6, 6.07) is 14.2. The zero-order chi connectivity index (χ0) is 15.9. The summed E-state index contributed by atoms with van der Waals surface area (Å²) in [7, 11) is 0. The van der Waals surface area contributed by atoms with Crippen LogP contribution in [0.15, 0.2) is 42.5 Å². The average molecular weight is 314 g/mol. The number of hydrogen-bond acceptors (Lipinski definition) is 2. The highest BCUT2D eigenvalue weighted by molar-refractivity contribution is 7.80. The van der Waals surface area contributed by atoms with E-state index in [0.717, 1.165) is 11.4 Å². The van der Waals surface area contributed by atoms with Crippen LogP contribution in [0.2, 0.25) is 0 Å². The van der Waals surface area contributed by atoms with Crippen molar-refractivity contribution in [1.82, 2.24) is 5.32 Å². The third-order valence-electron chi connectivity index (χ3n) is 3.44. The summed E-state index contributed by atoms with van der Waals surface area (Å²) in [5, 5.41) is 6.93. The number of benzene rings is 2. The first kappa shape index (κ1) is 16.3. The average Bonchev–Trinajstić information content (AvgIpc) is 2.49. The van der Waals surface area contributed by atoms with Gasteiger partial charge in [0.1, 0.15) is 12.4 Å². The fourth-order valence-electron chi connectivity index (χ4n) is 1.96. The molecule has 0 aliphatic heterocycles. The van der Waals surface area contributed by atoms with E-state index in [9.17, 15) is 0 Å². The van der Waals surface area contributed by atoms with Crippen LogP contribution in [0.25, 0.3) is 0 Å². The van der Waals surface area contributed by atoms with Crippen LogP contribution in [0, 0.1) is 20.8 Å². The van der Waals surface area contributed by atoms with E-state index in [-0.39, 0.29) is 0 Å². The molecular weight excluding hydrogens is 292 g/mol. The topological polar surface area (TPSA) is 33.3 Å². The van der Waals surface area contributed by atoms with Gasteiger partial charge in [0.2, 0.25) is 0 Å². The van der Waals surface area contributed by atoms with E-state index in [1.165, 1.54) is 16.7 Å². The summed E-state index contributed by atoms with van der Waals surface area (Å²) in [5.74, 6) is 0.875. The van der Waals surface area contributed by atoms with Gasteiger partial charge >= 0.3 is 0 Å². The minimum atomic E-state index is 0.567. The zero-order valence-electron chi connectivity index (χ0n) is 13.3. The Morgan fingerprint density at radius 2 is 1.73 bits per heavy atom. The predicted octanol–water partition coefficient (Wildman–Crippen LogP) is 3.98. The molecule has 0 aliphatic rings. The fourth-order valence-corrected chi connectivity index (χ4v) is 2.18. The Hall–Kier alpha value is -2.07. The van der Waals surface area contributed by atoms with E-state index < -0.39 is 0 Å². The van der Waals surface area contributed by atoms with Crippen molar-refractivity contribution in [1.29, 1.82) is 0 Å². The van der Waals surface area contributed by atoms with Crippen molar-refractivity contribution in [2.45, 2.75) is 20.8 Å². The molecule has 0 aliphatic carbocycles. The Bertz CT molecular complexity index is 638. The molecule has 3 nitrogen and oxygen atoms in total. The minimum absolute atomic E-state index is 0.567. The summed E-state index contributed by atoms with van der Waals surface area (Å²) in [5.41, 5.74) is 4.75. The molecule has 2 rings (SSSR count). The minimum Gasteiger partial charge on any atom is -0.492 e. The van der Waals surface area contributed by atoms with E-state index in [1.807, 2.05) is 30.3 Å². The van der Waals surface area contributed by atoms with E-state index in [2.05, 4.69) is 43.5 Å². The largest absolute Gasteiger partial charge is 0.492 e. The lowest BCUT2D eigenvalue weighted by Crippen LogP contribution is -2.31. The molecule has 0 heterocycles. The lowest BCUT2D eigenvalue weighted by atomic mass is 10.1. The van der Waals surface area contributed by atoms with E-state index in [1.54, 1.807) is 0 Å². The van der Waals surface area contributed by atoms with Crippen LogP contribution in [-0.2, 0) is 0 Å². The highest BCUT2D eigenvalue weighted by Gasteiger charge is 2.00. The molecule has 0 fully saturated rings. The number of rotatable bonds is 5. The summed E-state index contributed by atoms with van der Waals surface area (Å²) in [6.07, 6.45) is 0. The summed E-state index contributed by atoms with van der Waals surface area (Å²) in [6.45, 7) is 7.47. The Morgan fingerprint density at radius 1 is 1.00 bits per heavy atom. The van der Waals surface area contributed by atoms with Gasteiger partial charge in [0.25, 0.3) is 0 Å². The van der Waals surface area contributed by atoms with Gasteiger partial charge in [0, 0.05) is 5.69 Å². The van der Waals surface area contributed by atoms with E-state index >= 15 is 0 Å². The number of ether oxygens (including phenoxy) is 1. The van der Waals surface area contributed by atoms with Crippen molar-refractivity contribution >= 4 is 23.0 Å². The second kappa shape index (κ2) is 7.80. The molecule has 116 valence electrons. The van der Waals surface area contributed by atoms with Gasteiger partial charge in [-0.05, 0) is 68.4 Å². The van der Waals surface area contributed by atoms with E-state index in [4.69, 9.17) is 17.0 Å². The van der Waals surface area contributed by atoms with Crippen LogP contribution >= 0.6 is 12.2 Å². The molecule has 0 saturated heterocycles. The first-order valence-corrected chi connectivity index (χ1v) is 7.77. The Balaban J connectivity index is 1.71. The van der Waals surface area contributed by atoms with Gasteiger partial charge in [0.15, 0.2) is 5.11 Å². The molecule has 2 aromatic carbocycles. The summed E-state index contributed by atoms with van der Waals surface area (Å²) >= 11 is 5.28. The van der Waals surface area contributed by atoms with Crippen molar-refractivity contribution in [3.8, 4) is 5.75 Å². The summed E-state index contributed by atoms with van der Waals surface area (Å²) < 4.78 is 5.65. The lowest BCUT2D eigenvalue weighted by molar-refractivity contribution is 0.322. The standard InChI is InChI=1S/C18H22N2OS/c1-13-4-8-17(9-5-13)21-11-10-19-18(22)20-16-7-6-14(2)15(3)12-16/h4-9,12H,10-11H2,1-3H3,(H2,19,20,22). The molecule has 4 heteroatoms. The quantitative estimate of drug-likeness (QED) is 0.646. The molecule has 0 bridgehead atoms. The fraction of sp³-hybridized carbons (Fsp3) is 0.278. The molecule has 0 saturated carbocycles. The van der Waals surface area contributed by atoms with Gasteiger partial charge in [-0.25, -0.2) is 0 Å². The van der Waals surface area contributed by atoms with Crippen molar-refractivity contribution in [2.75, 3.05) is 18.5 Å². The van der Waals surface area contributed by atoms with Gasteiger partial charge in [-0.2, -0.15) is 0 Å². The van der Waals surface area contributed by atoms with Gasteiger partial charge in [-0.1, -0.05) is 23.8 Å². The molecule has 2 aromatic rings. The predicted molar refractivity (Wildman–Crippen MR) is 96.8 cm³/mol. The molecule has 0 unspecified atom stereocenters. The number of thiocarbonyl (C=S) groups is 1. The van der Waals surface area contributed by atoms with Gasteiger partial charge < -0.3 is 15.4 Å². The smallest absolute Gasteiger partial charge is 0.170 e. The molecule has 0 aromatic heterocycles. The van der Waals surface area contributed by atoms with E-state index in [0.29, 0.717) is 18.3 Å². The van der Waals surface area contributed by atoms with Gasteiger partial charge in [-0.15, -0.1) is 0 Å². The van der Waals surface area contributed by atoms with Crippen molar-refractivity contribution in [3.05, 3.63) is 59.2 Å². The third-order valence-corrected chi connectivity index (χ3v) is 3.69. The first-order valence-electron chi connectivity index (χ1n) is 7.36. The Morgan fingerprint density at radius 3 is 2.41 bits per heavy atom. The molecule has 0 radical (unpaired) electrons. The van der Waals surface area contributed by atoms with Crippen LogP contribution in [0.3, 0.4) is 0 Å². The van der Waals surface area contributed by atoms with Gasteiger partial charge in [-0.3, -0.25) is 0 Å². The molecular formula is C18H22N2OS. The molecule has 2 N–H and O–H groups in total. The van der Waals surface area contributed by atoms with Crippen molar-refractivity contribution < 1.29 is 4.74 Å². The number of hydrogen-bond donors (Lipinski definition) is 2.